The summed E-state index contributed by atoms with van der Waals surface area (Å²) in [6.45, 7) is 4.61. The highest BCUT2D eigenvalue weighted by Gasteiger charge is 2.26. The lowest BCUT2D eigenvalue weighted by Gasteiger charge is -2.34. The Balaban J connectivity index is 1.68. The zero-order chi connectivity index (χ0) is 16.4. The van der Waals surface area contributed by atoms with Crippen LogP contribution < -0.4 is 9.80 Å². The van der Waals surface area contributed by atoms with E-state index in [1.165, 1.54) is 0 Å². The van der Waals surface area contributed by atoms with Crippen LogP contribution in [0.5, 0.6) is 0 Å². The van der Waals surface area contributed by atoms with Crippen molar-refractivity contribution in [1.29, 1.82) is 5.26 Å². The molecule has 24 heavy (non-hydrogen) atoms. The van der Waals surface area contributed by atoms with Crippen LogP contribution in [-0.4, -0.2) is 47.8 Å². The maximum atomic E-state index is 9.34. The summed E-state index contributed by atoms with van der Waals surface area (Å²) < 4.78 is 5.44. The Kier molecular flexibility index (Phi) is 3.97. The van der Waals surface area contributed by atoms with E-state index in [2.05, 4.69) is 30.8 Å². The van der Waals surface area contributed by atoms with Crippen LogP contribution in [0.15, 0.2) is 24.7 Å². The molecule has 0 saturated carbocycles. The summed E-state index contributed by atoms with van der Waals surface area (Å²) in [4.78, 5) is 17.8. The zero-order valence-electron chi connectivity index (χ0n) is 13.4. The van der Waals surface area contributed by atoms with Crippen LogP contribution in [0.2, 0.25) is 0 Å². The third kappa shape index (κ3) is 2.65. The Morgan fingerprint density at radius 3 is 2.75 bits per heavy atom. The molecule has 1 fully saturated rings. The molecule has 2 aromatic rings. The van der Waals surface area contributed by atoms with Crippen LogP contribution in [0.3, 0.4) is 0 Å². The number of hydrogen-bond donors (Lipinski definition) is 0. The van der Waals surface area contributed by atoms with Gasteiger partial charge in [0, 0.05) is 44.4 Å². The first-order valence-corrected chi connectivity index (χ1v) is 8.12. The maximum Gasteiger partial charge on any atom is 0.146 e. The lowest BCUT2D eigenvalue weighted by atomic mass is 10.0. The molecule has 4 rings (SSSR count). The van der Waals surface area contributed by atoms with Crippen LogP contribution in [0, 0.1) is 11.3 Å². The van der Waals surface area contributed by atoms with Crippen molar-refractivity contribution < 1.29 is 4.74 Å². The summed E-state index contributed by atoms with van der Waals surface area (Å²) in [5.41, 5.74) is 2.84. The molecule has 0 amide bonds. The van der Waals surface area contributed by atoms with Crippen LogP contribution in [-0.2, 0) is 17.7 Å². The summed E-state index contributed by atoms with van der Waals surface area (Å²) in [6.07, 6.45) is 4.22. The van der Waals surface area contributed by atoms with Crippen molar-refractivity contribution in [3.8, 4) is 6.07 Å². The Bertz CT molecular complexity index is 781. The van der Waals surface area contributed by atoms with E-state index in [-0.39, 0.29) is 0 Å². The van der Waals surface area contributed by atoms with E-state index >= 15 is 0 Å². The van der Waals surface area contributed by atoms with Crippen molar-refractivity contribution in [3.05, 3.63) is 41.5 Å². The number of nitriles is 1. The Hall–Kier alpha value is -2.72. The fourth-order valence-electron chi connectivity index (χ4n) is 3.29. The monoisotopic (exact) mass is 322 g/mol. The number of anilines is 2. The van der Waals surface area contributed by atoms with E-state index in [4.69, 9.17) is 4.74 Å². The van der Waals surface area contributed by atoms with Gasteiger partial charge in [-0.25, -0.2) is 15.0 Å². The number of pyridine rings is 1. The zero-order valence-corrected chi connectivity index (χ0v) is 13.4. The molecule has 0 atom stereocenters. The van der Waals surface area contributed by atoms with Gasteiger partial charge in [-0.2, -0.15) is 5.26 Å². The first-order chi connectivity index (χ1) is 11.9. The summed E-state index contributed by atoms with van der Waals surface area (Å²) in [7, 11) is 0. The Morgan fingerprint density at radius 2 is 1.92 bits per heavy atom. The molecular weight excluding hydrogens is 304 g/mol. The second-order valence-electron chi connectivity index (χ2n) is 5.88. The van der Waals surface area contributed by atoms with Gasteiger partial charge in [-0.15, -0.1) is 0 Å². The fraction of sp³-hybridized carbons (Fsp3) is 0.412. The number of fused-ring (bicyclic) bond motifs is 1. The van der Waals surface area contributed by atoms with Gasteiger partial charge in [-0.3, -0.25) is 0 Å². The molecule has 0 aromatic carbocycles. The summed E-state index contributed by atoms with van der Waals surface area (Å²) in [6, 6.07) is 5.83. The molecule has 2 aliphatic heterocycles. The van der Waals surface area contributed by atoms with Gasteiger partial charge in [0.05, 0.1) is 24.5 Å². The third-order valence-corrected chi connectivity index (χ3v) is 4.50. The van der Waals surface area contributed by atoms with Gasteiger partial charge in [0.25, 0.3) is 0 Å². The van der Waals surface area contributed by atoms with Crippen LogP contribution in [0.1, 0.15) is 16.8 Å². The van der Waals surface area contributed by atoms with Crippen molar-refractivity contribution in [2.24, 2.45) is 0 Å². The number of aromatic nitrogens is 3. The average Bonchev–Trinajstić information content (AvgIpc) is 2.67. The quantitative estimate of drug-likeness (QED) is 0.820. The van der Waals surface area contributed by atoms with Crippen LogP contribution in [0.25, 0.3) is 0 Å². The molecule has 7 nitrogen and oxygen atoms in total. The second-order valence-corrected chi connectivity index (χ2v) is 5.88. The minimum absolute atomic E-state index is 0.603. The molecule has 4 heterocycles. The lowest BCUT2D eigenvalue weighted by Crippen LogP contribution is -2.40. The SMILES string of the molecule is N#Cc1cccnc1N1CCc2ncnc(N3CCOCC3)c2C1. The van der Waals surface area contributed by atoms with Gasteiger partial charge in [0.15, 0.2) is 0 Å². The molecule has 0 unspecified atom stereocenters. The molecule has 1 saturated heterocycles. The van der Waals surface area contributed by atoms with E-state index in [1.807, 2.05) is 6.07 Å². The van der Waals surface area contributed by atoms with Crippen LogP contribution in [0.4, 0.5) is 11.6 Å². The van der Waals surface area contributed by atoms with E-state index in [9.17, 15) is 5.26 Å². The van der Waals surface area contributed by atoms with E-state index in [1.54, 1.807) is 18.6 Å². The molecule has 122 valence electrons. The number of hydrogen-bond acceptors (Lipinski definition) is 7. The molecule has 7 heteroatoms. The molecule has 0 spiro atoms. The van der Waals surface area contributed by atoms with Gasteiger partial charge in [0.2, 0.25) is 0 Å². The van der Waals surface area contributed by atoms with E-state index in [0.717, 1.165) is 62.2 Å². The van der Waals surface area contributed by atoms with Gasteiger partial charge < -0.3 is 14.5 Å². The van der Waals surface area contributed by atoms with E-state index in [0.29, 0.717) is 12.1 Å². The fourth-order valence-corrected chi connectivity index (χ4v) is 3.29. The number of ether oxygens (including phenoxy) is 1. The van der Waals surface area contributed by atoms with E-state index < -0.39 is 0 Å². The topological polar surface area (TPSA) is 78.2 Å². The largest absolute Gasteiger partial charge is 0.378 e. The summed E-state index contributed by atoms with van der Waals surface area (Å²) in [5, 5.41) is 9.34. The van der Waals surface area contributed by atoms with Crippen molar-refractivity contribution in [3.63, 3.8) is 0 Å². The summed E-state index contributed by atoms with van der Waals surface area (Å²) in [5.74, 6) is 1.73. The standard InChI is InChI=1S/C17H18N6O/c18-10-13-2-1-4-19-16(13)23-5-3-15-14(11-23)17(21-12-20-15)22-6-8-24-9-7-22/h1-2,4,12H,3,5-9,11H2. The number of morpholine rings is 1. The highest BCUT2D eigenvalue weighted by atomic mass is 16.5. The highest BCUT2D eigenvalue weighted by Crippen LogP contribution is 2.29. The minimum atomic E-state index is 0.603. The second kappa shape index (κ2) is 6.42. The molecule has 0 aliphatic carbocycles. The molecule has 0 bridgehead atoms. The molecule has 0 radical (unpaired) electrons. The smallest absolute Gasteiger partial charge is 0.146 e. The van der Waals surface area contributed by atoms with Gasteiger partial charge in [0.1, 0.15) is 24.0 Å². The van der Waals surface area contributed by atoms with Gasteiger partial charge in [-0.1, -0.05) is 0 Å². The van der Waals surface area contributed by atoms with Crippen molar-refractivity contribution in [2.75, 3.05) is 42.6 Å². The molecular formula is C17H18N6O. The van der Waals surface area contributed by atoms with Crippen LogP contribution >= 0.6 is 0 Å². The van der Waals surface area contributed by atoms with Gasteiger partial charge in [-0.05, 0) is 12.1 Å². The predicted octanol–water partition coefficient (Wildman–Crippen LogP) is 1.14. The third-order valence-electron chi connectivity index (χ3n) is 4.50. The lowest BCUT2D eigenvalue weighted by molar-refractivity contribution is 0.122. The van der Waals surface area contributed by atoms with Crippen molar-refractivity contribution in [1.82, 2.24) is 15.0 Å². The first-order valence-electron chi connectivity index (χ1n) is 8.12. The number of nitrogens with zero attached hydrogens (tertiary/aromatic N) is 6. The molecule has 0 N–H and O–H groups in total. The van der Waals surface area contributed by atoms with Gasteiger partial charge >= 0.3 is 0 Å². The minimum Gasteiger partial charge on any atom is -0.378 e. The highest BCUT2D eigenvalue weighted by molar-refractivity contribution is 5.58. The normalized spacial score (nSPS) is 17.3. The Morgan fingerprint density at radius 1 is 1.04 bits per heavy atom. The molecule has 2 aliphatic rings. The summed E-state index contributed by atoms with van der Waals surface area (Å²) >= 11 is 0. The number of rotatable bonds is 2. The first kappa shape index (κ1) is 14.8. The average molecular weight is 322 g/mol. The molecule has 2 aromatic heterocycles. The van der Waals surface area contributed by atoms with Crippen molar-refractivity contribution in [2.45, 2.75) is 13.0 Å². The predicted molar refractivity (Wildman–Crippen MR) is 88.8 cm³/mol. The maximum absolute atomic E-state index is 9.34. The van der Waals surface area contributed by atoms with Crippen molar-refractivity contribution >= 4 is 11.6 Å². The Labute approximate surface area is 140 Å².